The first-order valence-electron chi connectivity index (χ1n) is 4.76. The molecule has 0 aromatic carbocycles. The Morgan fingerprint density at radius 1 is 1.36 bits per heavy atom. The number of fused-ring (bicyclic) bond motifs is 1. The summed E-state index contributed by atoms with van der Waals surface area (Å²) in [5.41, 5.74) is 0.103. The number of rotatable bonds is 2. The van der Waals surface area contributed by atoms with Gasteiger partial charge in [-0.25, -0.2) is 0 Å². The lowest BCUT2D eigenvalue weighted by atomic mass is 9.77. The summed E-state index contributed by atoms with van der Waals surface area (Å²) in [6.45, 7) is 2.15. The molecule has 0 amide bonds. The maximum Gasteiger partial charge on any atom is 0.126 e. The van der Waals surface area contributed by atoms with Crippen LogP contribution in [0.15, 0.2) is 0 Å². The molecule has 0 bridgehead atoms. The predicted octanol–water partition coefficient (Wildman–Crippen LogP) is 2.40. The Morgan fingerprint density at radius 2 is 1.91 bits per heavy atom. The predicted molar refractivity (Wildman–Crippen MR) is 44.2 cm³/mol. The average molecular weight is 152 g/mol. The van der Waals surface area contributed by atoms with Crippen molar-refractivity contribution in [2.24, 2.45) is 17.3 Å². The second-order valence-electron chi connectivity index (χ2n) is 4.34. The maximum absolute atomic E-state index is 10.9. The van der Waals surface area contributed by atoms with Crippen LogP contribution in [0.3, 0.4) is 0 Å². The molecule has 2 saturated carbocycles. The molecule has 2 atom stereocenters. The van der Waals surface area contributed by atoms with Gasteiger partial charge in [0.15, 0.2) is 0 Å². The van der Waals surface area contributed by atoms with E-state index >= 15 is 0 Å². The third kappa shape index (κ3) is 0.935. The van der Waals surface area contributed by atoms with E-state index in [4.69, 9.17) is 0 Å². The van der Waals surface area contributed by atoms with Crippen LogP contribution < -0.4 is 0 Å². The van der Waals surface area contributed by atoms with Gasteiger partial charge in [-0.3, -0.25) is 0 Å². The number of hydrogen-bond acceptors (Lipinski definition) is 1. The zero-order valence-electron chi connectivity index (χ0n) is 7.18. The van der Waals surface area contributed by atoms with Crippen LogP contribution in [0.4, 0.5) is 0 Å². The van der Waals surface area contributed by atoms with Gasteiger partial charge >= 0.3 is 0 Å². The van der Waals surface area contributed by atoms with E-state index in [0.717, 1.165) is 18.3 Å². The van der Waals surface area contributed by atoms with Gasteiger partial charge in [0.2, 0.25) is 0 Å². The average Bonchev–Trinajstić information content (AvgIpc) is 2.27. The summed E-state index contributed by atoms with van der Waals surface area (Å²) in [5, 5.41) is 0. The zero-order chi connectivity index (χ0) is 7.90. The number of carbonyl (C=O) groups is 1. The van der Waals surface area contributed by atoms with Gasteiger partial charge in [0, 0.05) is 5.41 Å². The summed E-state index contributed by atoms with van der Waals surface area (Å²) in [5.74, 6) is 1.83. The number of aldehydes is 1. The lowest BCUT2D eigenvalue weighted by Gasteiger charge is -2.29. The van der Waals surface area contributed by atoms with Crippen LogP contribution in [0.2, 0.25) is 0 Å². The molecule has 2 fully saturated rings. The highest BCUT2D eigenvalue weighted by Crippen LogP contribution is 2.55. The van der Waals surface area contributed by atoms with Gasteiger partial charge in [0.25, 0.3) is 0 Å². The van der Waals surface area contributed by atoms with Crippen LogP contribution >= 0.6 is 0 Å². The minimum Gasteiger partial charge on any atom is -0.303 e. The third-order valence-electron chi connectivity index (χ3n) is 3.87. The molecule has 62 valence electrons. The molecule has 0 heterocycles. The first-order valence-corrected chi connectivity index (χ1v) is 4.76. The van der Waals surface area contributed by atoms with Crippen LogP contribution in [0.5, 0.6) is 0 Å². The molecule has 0 N–H and O–H groups in total. The molecule has 2 unspecified atom stereocenters. The topological polar surface area (TPSA) is 17.1 Å². The van der Waals surface area contributed by atoms with Crippen molar-refractivity contribution >= 4 is 6.29 Å². The highest BCUT2D eigenvalue weighted by Gasteiger charge is 2.47. The minimum atomic E-state index is 0.103. The summed E-state index contributed by atoms with van der Waals surface area (Å²) in [6, 6.07) is 0. The molecule has 0 aromatic heterocycles. The van der Waals surface area contributed by atoms with Gasteiger partial charge in [-0.05, 0) is 43.9 Å². The van der Waals surface area contributed by atoms with Crippen molar-refractivity contribution in [3.05, 3.63) is 0 Å². The molecule has 0 radical (unpaired) electrons. The van der Waals surface area contributed by atoms with Crippen molar-refractivity contribution in [1.82, 2.24) is 0 Å². The Bertz CT molecular complexity index is 162. The Hall–Kier alpha value is -0.330. The Balaban J connectivity index is 2.09. The quantitative estimate of drug-likeness (QED) is 0.555. The van der Waals surface area contributed by atoms with E-state index < -0.39 is 0 Å². The number of carbonyl (C=O) groups excluding carboxylic acids is 1. The molecular weight excluding hydrogens is 136 g/mol. The van der Waals surface area contributed by atoms with Gasteiger partial charge in [0.1, 0.15) is 6.29 Å². The molecular formula is C10H16O. The first-order chi connectivity index (χ1) is 5.29. The lowest BCUT2D eigenvalue weighted by molar-refractivity contribution is -0.116. The van der Waals surface area contributed by atoms with Crippen molar-refractivity contribution in [1.29, 1.82) is 0 Å². The van der Waals surface area contributed by atoms with Gasteiger partial charge in [-0.15, -0.1) is 0 Å². The molecule has 1 nitrogen and oxygen atoms in total. The van der Waals surface area contributed by atoms with E-state index in [1.54, 1.807) is 0 Å². The standard InChI is InChI=1S/C10H16O/c1-2-10(7-11)5-8-3-4-9(8)6-10/h7-9H,2-6H2,1H3. The van der Waals surface area contributed by atoms with Gasteiger partial charge in [-0.2, -0.15) is 0 Å². The van der Waals surface area contributed by atoms with Gasteiger partial charge in [-0.1, -0.05) is 6.92 Å². The third-order valence-corrected chi connectivity index (χ3v) is 3.87. The molecule has 0 saturated heterocycles. The summed E-state index contributed by atoms with van der Waals surface area (Å²) in [4.78, 5) is 10.9. The lowest BCUT2D eigenvalue weighted by Crippen LogP contribution is -2.18. The van der Waals surface area contributed by atoms with Crippen molar-refractivity contribution < 1.29 is 4.79 Å². The summed E-state index contributed by atoms with van der Waals surface area (Å²) in [6.07, 6.45) is 7.45. The molecule has 2 aliphatic carbocycles. The second kappa shape index (κ2) is 2.33. The van der Waals surface area contributed by atoms with E-state index in [1.165, 1.54) is 32.0 Å². The normalized spacial score (nSPS) is 48.1. The van der Waals surface area contributed by atoms with Crippen LogP contribution in [0, 0.1) is 17.3 Å². The molecule has 0 aromatic rings. The Labute approximate surface area is 68.2 Å². The fourth-order valence-electron chi connectivity index (χ4n) is 2.77. The smallest absolute Gasteiger partial charge is 0.126 e. The van der Waals surface area contributed by atoms with E-state index in [-0.39, 0.29) is 5.41 Å². The van der Waals surface area contributed by atoms with Crippen LogP contribution in [0.25, 0.3) is 0 Å². The maximum atomic E-state index is 10.9. The molecule has 11 heavy (non-hydrogen) atoms. The van der Waals surface area contributed by atoms with Crippen LogP contribution in [-0.2, 0) is 4.79 Å². The van der Waals surface area contributed by atoms with Crippen LogP contribution in [-0.4, -0.2) is 6.29 Å². The second-order valence-corrected chi connectivity index (χ2v) is 4.34. The molecule has 1 heteroatoms. The highest BCUT2D eigenvalue weighted by atomic mass is 16.1. The first kappa shape index (κ1) is 7.33. The van der Waals surface area contributed by atoms with Crippen molar-refractivity contribution in [2.75, 3.05) is 0 Å². The summed E-state index contributed by atoms with van der Waals surface area (Å²) >= 11 is 0. The van der Waals surface area contributed by atoms with Crippen molar-refractivity contribution in [3.63, 3.8) is 0 Å². The van der Waals surface area contributed by atoms with Gasteiger partial charge in [0.05, 0.1) is 0 Å². The molecule has 0 spiro atoms. The van der Waals surface area contributed by atoms with E-state index in [1.807, 2.05) is 0 Å². The largest absolute Gasteiger partial charge is 0.303 e. The fourth-order valence-corrected chi connectivity index (χ4v) is 2.77. The number of hydrogen-bond donors (Lipinski definition) is 0. The zero-order valence-corrected chi connectivity index (χ0v) is 7.18. The monoisotopic (exact) mass is 152 g/mol. The van der Waals surface area contributed by atoms with E-state index in [2.05, 4.69) is 6.92 Å². The summed E-state index contributed by atoms with van der Waals surface area (Å²) < 4.78 is 0. The van der Waals surface area contributed by atoms with E-state index in [9.17, 15) is 4.79 Å². The van der Waals surface area contributed by atoms with Crippen LogP contribution in [0.1, 0.15) is 39.0 Å². The van der Waals surface area contributed by atoms with E-state index in [0.29, 0.717) is 0 Å². The molecule has 2 aliphatic rings. The van der Waals surface area contributed by atoms with Crippen molar-refractivity contribution in [2.45, 2.75) is 39.0 Å². The SMILES string of the molecule is CCC1(C=O)CC2CCC2C1. The van der Waals surface area contributed by atoms with Gasteiger partial charge < -0.3 is 4.79 Å². The summed E-state index contributed by atoms with van der Waals surface area (Å²) in [7, 11) is 0. The minimum absolute atomic E-state index is 0.103. The fraction of sp³-hybridized carbons (Fsp3) is 0.900. The molecule has 2 rings (SSSR count). The Kier molecular flexibility index (Phi) is 1.55. The van der Waals surface area contributed by atoms with Crippen molar-refractivity contribution in [3.8, 4) is 0 Å². The highest BCUT2D eigenvalue weighted by molar-refractivity contribution is 5.60. The molecule has 0 aliphatic heterocycles. The Morgan fingerprint density at radius 3 is 2.18 bits per heavy atom.